The second-order valence-electron chi connectivity index (χ2n) is 5.51. The summed E-state index contributed by atoms with van der Waals surface area (Å²) >= 11 is 0. The van der Waals surface area contributed by atoms with Crippen LogP contribution in [0.15, 0.2) is 12.3 Å². The van der Waals surface area contributed by atoms with Crippen molar-refractivity contribution in [3.8, 4) is 0 Å². The minimum atomic E-state index is -0.470. The number of aromatic nitrogens is 1. The first-order valence-electron chi connectivity index (χ1n) is 7.87. The summed E-state index contributed by atoms with van der Waals surface area (Å²) in [6.45, 7) is 5.37. The van der Waals surface area contributed by atoms with Gasteiger partial charge in [-0.25, -0.2) is 9.37 Å². The van der Waals surface area contributed by atoms with Crippen LogP contribution in [0.1, 0.15) is 56.3 Å². The second kappa shape index (κ2) is 7.38. The average molecular weight is 293 g/mol. The van der Waals surface area contributed by atoms with Crippen LogP contribution in [0.2, 0.25) is 0 Å². The van der Waals surface area contributed by atoms with E-state index in [1.807, 2.05) is 18.7 Å². The molecule has 0 atom stereocenters. The molecule has 21 heavy (non-hydrogen) atoms. The molecule has 0 bridgehead atoms. The molecule has 0 aliphatic heterocycles. The molecule has 4 nitrogen and oxygen atoms in total. The number of halogens is 1. The van der Waals surface area contributed by atoms with Crippen LogP contribution in [0.25, 0.3) is 0 Å². The van der Waals surface area contributed by atoms with Crippen molar-refractivity contribution in [3.63, 3.8) is 0 Å². The van der Waals surface area contributed by atoms with Crippen LogP contribution in [-0.2, 0) is 0 Å². The average Bonchev–Trinajstić information content (AvgIpc) is 3.00. The predicted octanol–water partition coefficient (Wildman–Crippen LogP) is 3.45. The van der Waals surface area contributed by atoms with E-state index in [4.69, 9.17) is 0 Å². The van der Waals surface area contributed by atoms with Crippen molar-refractivity contribution in [2.45, 2.75) is 52.0 Å². The maximum absolute atomic E-state index is 13.5. The van der Waals surface area contributed by atoms with E-state index < -0.39 is 5.82 Å². The summed E-state index contributed by atoms with van der Waals surface area (Å²) in [4.78, 5) is 18.7. The Kier molecular flexibility index (Phi) is 5.53. The Labute approximate surface area is 125 Å². The van der Waals surface area contributed by atoms with Gasteiger partial charge < -0.3 is 10.2 Å². The fraction of sp³-hybridized carbons (Fsp3) is 0.625. The molecule has 0 saturated heterocycles. The molecule has 5 heteroatoms. The van der Waals surface area contributed by atoms with E-state index >= 15 is 0 Å². The molecule has 1 heterocycles. The number of nitrogens with one attached hydrogen (secondary N) is 1. The zero-order chi connectivity index (χ0) is 15.2. The van der Waals surface area contributed by atoms with Crippen molar-refractivity contribution in [1.82, 2.24) is 9.88 Å². The smallest absolute Gasteiger partial charge is 0.257 e. The number of carbonyl (C=O) groups excluding carboxylic acids is 1. The number of anilines is 1. The monoisotopic (exact) mass is 293 g/mol. The molecule has 116 valence electrons. The van der Waals surface area contributed by atoms with Crippen LogP contribution >= 0.6 is 0 Å². The first kappa shape index (κ1) is 15.7. The number of rotatable bonds is 6. The Bertz CT molecular complexity index is 486. The zero-order valence-corrected chi connectivity index (χ0v) is 12.9. The summed E-state index contributed by atoms with van der Waals surface area (Å²) in [5.41, 5.74) is 0.345. The zero-order valence-electron chi connectivity index (χ0n) is 12.9. The summed E-state index contributed by atoms with van der Waals surface area (Å²) in [6.07, 6.45) is 6.49. The molecule has 0 radical (unpaired) electrons. The molecular weight excluding hydrogens is 269 g/mol. The highest BCUT2D eigenvalue weighted by atomic mass is 19.1. The van der Waals surface area contributed by atoms with Gasteiger partial charge >= 0.3 is 0 Å². The predicted molar refractivity (Wildman–Crippen MR) is 81.9 cm³/mol. The fourth-order valence-corrected chi connectivity index (χ4v) is 2.92. The SMILES string of the molecule is CCCNc1ncc(F)cc1C(=O)N(CC)C1CCCC1. The molecule has 0 aromatic carbocycles. The number of hydrogen-bond donors (Lipinski definition) is 1. The number of hydrogen-bond acceptors (Lipinski definition) is 3. The van der Waals surface area contributed by atoms with Gasteiger partial charge in [0, 0.05) is 19.1 Å². The highest BCUT2D eigenvalue weighted by molar-refractivity contribution is 5.99. The molecule has 1 aliphatic rings. The van der Waals surface area contributed by atoms with Crippen LogP contribution in [0.3, 0.4) is 0 Å². The van der Waals surface area contributed by atoms with Gasteiger partial charge in [0.2, 0.25) is 0 Å². The molecule has 0 unspecified atom stereocenters. The van der Waals surface area contributed by atoms with Gasteiger partial charge in [0.25, 0.3) is 5.91 Å². The summed E-state index contributed by atoms with van der Waals surface area (Å²) in [6, 6.07) is 1.58. The van der Waals surface area contributed by atoms with Crippen LogP contribution < -0.4 is 5.32 Å². The maximum Gasteiger partial charge on any atom is 0.257 e. The van der Waals surface area contributed by atoms with Gasteiger partial charge in [0.05, 0.1) is 11.8 Å². The van der Waals surface area contributed by atoms with Gasteiger partial charge in [-0.3, -0.25) is 4.79 Å². The largest absolute Gasteiger partial charge is 0.369 e. The molecule has 1 fully saturated rings. The third kappa shape index (κ3) is 3.71. The minimum Gasteiger partial charge on any atom is -0.369 e. The quantitative estimate of drug-likeness (QED) is 0.873. The van der Waals surface area contributed by atoms with Gasteiger partial charge in [0.15, 0.2) is 0 Å². The van der Waals surface area contributed by atoms with Crippen molar-refractivity contribution in [2.24, 2.45) is 0 Å². The molecule has 1 saturated carbocycles. The third-order valence-electron chi connectivity index (χ3n) is 3.99. The van der Waals surface area contributed by atoms with Gasteiger partial charge in [-0.1, -0.05) is 19.8 Å². The van der Waals surface area contributed by atoms with E-state index in [0.29, 0.717) is 24.5 Å². The van der Waals surface area contributed by atoms with Gasteiger partial charge in [-0.05, 0) is 32.3 Å². The number of pyridine rings is 1. The Morgan fingerprint density at radius 1 is 1.43 bits per heavy atom. The Morgan fingerprint density at radius 3 is 2.76 bits per heavy atom. The van der Waals surface area contributed by atoms with E-state index in [0.717, 1.165) is 38.3 Å². The Hall–Kier alpha value is -1.65. The highest BCUT2D eigenvalue weighted by Crippen LogP contribution is 2.26. The lowest BCUT2D eigenvalue weighted by atomic mass is 10.1. The van der Waals surface area contributed by atoms with Crippen LogP contribution in [0, 0.1) is 5.82 Å². The van der Waals surface area contributed by atoms with Gasteiger partial charge in [0.1, 0.15) is 11.6 Å². The van der Waals surface area contributed by atoms with Crippen molar-refractivity contribution in [1.29, 1.82) is 0 Å². The van der Waals surface area contributed by atoms with Crippen molar-refractivity contribution in [2.75, 3.05) is 18.4 Å². The van der Waals surface area contributed by atoms with Crippen molar-refractivity contribution < 1.29 is 9.18 Å². The number of nitrogens with zero attached hydrogens (tertiary/aromatic N) is 2. The maximum atomic E-state index is 13.5. The van der Waals surface area contributed by atoms with E-state index in [-0.39, 0.29) is 11.9 Å². The van der Waals surface area contributed by atoms with E-state index in [2.05, 4.69) is 10.3 Å². The van der Waals surface area contributed by atoms with Crippen LogP contribution in [-0.4, -0.2) is 34.9 Å². The Morgan fingerprint density at radius 2 is 2.14 bits per heavy atom. The summed E-state index contributed by atoms with van der Waals surface area (Å²) in [5.74, 6) is -0.0995. The summed E-state index contributed by atoms with van der Waals surface area (Å²) in [5, 5.41) is 3.12. The van der Waals surface area contributed by atoms with Gasteiger partial charge in [-0.15, -0.1) is 0 Å². The second-order valence-corrected chi connectivity index (χ2v) is 5.51. The van der Waals surface area contributed by atoms with Crippen LogP contribution in [0.5, 0.6) is 0 Å². The molecule has 1 amide bonds. The fourth-order valence-electron chi connectivity index (χ4n) is 2.92. The molecule has 1 aromatic heterocycles. The van der Waals surface area contributed by atoms with E-state index in [1.165, 1.54) is 6.07 Å². The van der Waals surface area contributed by atoms with Crippen molar-refractivity contribution >= 4 is 11.7 Å². The molecule has 1 aliphatic carbocycles. The van der Waals surface area contributed by atoms with Crippen molar-refractivity contribution in [3.05, 3.63) is 23.6 Å². The van der Waals surface area contributed by atoms with Crippen LogP contribution in [0.4, 0.5) is 10.2 Å². The summed E-state index contributed by atoms with van der Waals surface area (Å²) in [7, 11) is 0. The summed E-state index contributed by atoms with van der Waals surface area (Å²) < 4.78 is 13.5. The molecular formula is C16H24FN3O. The first-order chi connectivity index (χ1) is 10.2. The van der Waals surface area contributed by atoms with E-state index in [9.17, 15) is 9.18 Å². The third-order valence-corrected chi connectivity index (χ3v) is 3.99. The lowest BCUT2D eigenvalue weighted by molar-refractivity contribution is 0.0693. The van der Waals surface area contributed by atoms with Gasteiger partial charge in [-0.2, -0.15) is 0 Å². The molecule has 1 N–H and O–H groups in total. The highest BCUT2D eigenvalue weighted by Gasteiger charge is 2.28. The molecule has 2 rings (SSSR count). The Balaban J connectivity index is 2.24. The topological polar surface area (TPSA) is 45.2 Å². The number of amides is 1. The standard InChI is InChI=1S/C16H24FN3O/c1-3-9-18-15-14(10-12(17)11-19-15)16(21)20(4-2)13-7-5-6-8-13/h10-11,13H,3-9H2,1-2H3,(H,18,19). The lowest BCUT2D eigenvalue weighted by Crippen LogP contribution is -2.39. The van der Waals surface area contributed by atoms with E-state index in [1.54, 1.807) is 0 Å². The molecule has 1 aromatic rings. The lowest BCUT2D eigenvalue weighted by Gasteiger charge is -2.28. The first-order valence-corrected chi connectivity index (χ1v) is 7.87. The normalized spacial score (nSPS) is 15.2. The number of carbonyl (C=O) groups is 1. The molecule has 0 spiro atoms. The minimum absolute atomic E-state index is 0.116.